The number of aromatic amines is 1. The zero-order chi connectivity index (χ0) is 50.4. The lowest BCUT2D eigenvalue weighted by atomic mass is 9.82. The molecule has 0 saturated carbocycles. The molecule has 0 bridgehead atoms. The summed E-state index contributed by atoms with van der Waals surface area (Å²) in [4.78, 5) is 17.5. The van der Waals surface area contributed by atoms with Crippen molar-refractivity contribution in [1.82, 2.24) is 24.5 Å². The van der Waals surface area contributed by atoms with E-state index in [9.17, 15) is 0 Å². The van der Waals surface area contributed by atoms with Crippen LogP contribution < -0.4 is 0 Å². The van der Waals surface area contributed by atoms with E-state index in [4.69, 9.17) is 23.7 Å². The van der Waals surface area contributed by atoms with Crippen molar-refractivity contribution < 1.29 is 13.7 Å². The standard InChI is InChI=1S/C36H26N4.C21H17N/c1-36(2)29-19-11-9-17-25(29)27-21-28-26-18-10-12-20-31(26)40(32(28)22-30(27)36)35-38-33(23-13-5-3-6-14-23)37-34(39-35)24-15-7-4-8-16-24;1-21(2)17-9-5-3-7-13(17)15-11-16-14-8-4-6-10-19(14)22-20(16)12-18(15)21/h3-22H,1-2H3;3-12,22H,1-2H3/i3D,4D,5D,6D,7D,8D,13D,14D,15D,16D;. The first kappa shape index (κ1) is 27.3. The molecule has 13 rings (SSSR count). The highest BCUT2D eigenvalue weighted by atomic mass is 15.2. The summed E-state index contributed by atoms with van der Waals surface area (Å²) in [5, 5.41) is 4.40. The van der Waals surface area contributed by atoms with Gasteiger partial charge in [-0.25, -0.2) is 4.98 Å². The minimum absolute atomic E-state index is 0.0249. The number of hydrogen-bond donors (Lipinski definition) is 1. The maximum absolute atomic E-state index is 8.69. The maximum Gasteiger partial charge on any atom is 0.238 e. The number of rotatable bonds is 3. The SMILES string of the molecule is CC1(C)c2ccccc2-c2cc3c(cc21)[nH]c1ccccc13.[2H]c1c([2H])c([2H])c(-c2nc(-c3c([2H])c([2H])c([2H])c([2H])c3[2H])nc(-n3c4ccccc4c4cc5c(cc43)C(C)(C)c3ccccc3-5)n2)c([2H])c1[2H]. The zero-order valence-corrected chi connectivity index (χ0v) is 34.3. The minimum Gasteiger partial charge on any atom is -0.355 e. The molecule has 5 nitrogen and oxygen atoms in total. The topological polar surface area (TPSA) is 59.4 Å². The normalized spacial score (nSPS) is 16.3. The van der Waals surface area contributed by atoms with Gasteiger partial charge in [0.25, 0.3) is 0 Å². The summed E-state index contributed by atoms with van der Waals surface area (Å²) in [7, 11) is 0. The van der Waals surface area contributed by atoms with Crippen molar-refractivity contribution in [1.29, 1.82) is 0 Å². The van der Waals surface area contributed by atoms with Gasteiger partial charge in [-0.3, -0.25) is 4.57 Å². The molecule has 3 aromatic heterocycles. The van der Waals surface area contributed by atoms with Crippen LogP contribution in [0.25, 0.3) is 94.6 Å². The highest BCUT2D eigenvalue weighted by Gasteiger charge is 2.37. The van der Waals surface area contributed by atoms with E-state index in [0.29, 0.717) is 5.52 Å². The summed E-state index contributed by atoms with van der Waals surface area (Å²) in [6.07, 6.45) is 0. The van der Waals surface area contributed by atoms with Crippen LogP contribution >= 0.6 is 0 Å². The van der Waals surface area contributed by atoms with Crippen LogP contribution in [-0.2, 0) is 10.8 Å². The van der Waals surface area contributed by atoms with Crippen LogP contribution in [0.3, 0.4) is 0 Å². The van der Waals surface area contributed by atoms with Crippen LogP contribution in [0, 0.1) is 0 Å². The molecule has 8 aromatic carbocycles. The third kappa shape index (κ3) is 5.37. The van der Waals surface area contributed by atoms with E-state index in [1.54, 1.807) is 4.57 Å². The lowest BCUT2D eigenvalue weighted by molar-refractivity contribution is 0.661. The molecule has 2 aliphatic rings. The predicted molar refractivity (Wildman–Crippen MR) is 256 cm³/mol. The number of benzene rings is 8. The molecule has 0 spiro atoms. The first-order chi connectivity index (χ1) is 34.4. The maximum atomic E-state index is 8.69. The summed E-state index contributed by atoms with van der Waals surface area (Å²) in [6, 6.07) is 36.4. The number of H-pyrrole nitrogens is 1. The first-order valence-corrected chi connectivity index (χ1v) is 20.6. The Morgan fingerprint density at radius 2 is 0.952 bits per heavy atom. The summed E-state index contributed by atoms with van der Waals surface area (Å²) in [5.41, 5.74) is 13.1. The average Bonchev–Trinajstić information content (AvgIpc) is 4.05. The number of hydrogen-bond acceptors (Lipinski definition) is 3. The molecule has 0 aliphatic heterocycles. The summed E-state index contributed by atoms with van der Waals surface area (Å²) in [6.45, 7) is 8.97. The van der Waals surface area contributed by atoms with E-state index in [0.717, 1.165) is 33.0 Å². The first-order valence-electron chi connectivity index (χ1n) is 25.6. The summed E-state index contributed by atoms with van der Waals surface area (Å²) < 4.78 is 86.0. The Balaban J connectivity index is 0.000000199. The van der Waals surface area contributed by atoms with Gasteiger partial charge >= 0.3 is 0 Å². The molecule has 2 aliphatic carbocycles. The van der Waals surface area contributed by atoms with Gasteiger partial charge < -0.3 is 4.98 Å². The van der Waals surface area contributed by atoms with Gasteiger partial charge in [0.15, 0.2) is 11.6 Å². The summed E-state index contributed by atoms with van der Waals surface area (Å²) in [5.74, 6) is -0.648. The second-order valence-corrected chi connectivity index (χ2v) is 17.0. The smallest absolute Gasteiger partial charge is 0.238 e. The van der Waals surface area contributed by atoms with Crippen LogP contribution in [0.5, 0.6) is 0 Å². The predicted octanol–water partition coefficient (Wildman–Crippen LogP) is 14.2. The van der Waals surface area contributed by atoms with Gasteiger partial charge in [0.05, 0.1) is 24.7 Å². The van der Waals surface area contributed by atoms with Gasteiger partial charge in [0, 0.05) is 54.5 Å². The van der Waals surface area contributed by atoms with E-state index >= 15 is 0 Å². The van der Waals surface area contributed by atoms with Gasteiger partial charge in [-0.05, 0) is 80.9 Å². The Morgan fingerprint density at radius 1 is 0.435 bits per heavy atom. The fraction of sp³-hybridized carbons (Fsp3) is 0.105. The molecule has 0 amide bonds. The van der Waals surface area contributed by atoms with Crippen LogP contribution in [0.1, 0.15) is 63.7 Å². The lowest BCUT2D eigenvalue weighted by Gasteiger charge is -2.21. The molecule has 0 fully saturated rings. The van der Waals surface area contributed by atoms with Crippen molar-refractivity contribution in [2.24, 2.45) is 0 Å². The number of aromatic nitrogens is 5. The summed E-state index contributed by atoms with van der Waals surface area (Å²) >= 11 is 0. The molecule has 296 valence electrons. The third-order valence-electron chi connectivity index (χ3n) is 12.9. The van der Waals surface area contributed by atoms with E-state index in [-0.39, 0.29) is 39.6 Å². The van der Waals surface area contributed by atoms with Crippen molar-refractivity contribution in [3.05, 3.63) is 204 Å². The van der Waals surface area contributed by atoms with Crippen LogP contribution in [0.15, 0.2) is 182 Å². The molecule has 0 unspecified atom stereocenters. The monoisotopic (exact) mass is 807 g/mol. The molecule has 62 heavy (non-hydrogen) atoms. The number of nitrogens with zero attached hydrogens (tertiary/aromatic N) is 4. The molecule has 0 radical (unpaired) electrons. The van der Waals surface area contributed by atoms with E-state index in [1.165, 1.54) is 49.6 Å². The molecule has 5 heteroatoms. The van der Waals surface area contributed by atoms with Crippen molar-refractivity contribution in [2.75, 3.05) is 0 Å². The fourth-order valence-corrected chi connectivity index (χ4v) is 9.84. The minimum atomic E-state index is -0.596. The largest absolute Gasteiger partial charge is 0.355 e. The van der Waals surface area contributed by atoms with E-state index in [2.05, 4.69) is 123 Å². The van der Waals surface area contributed by atoms with Gasteiger partial charge in [-0.1, -0.05) is 173 Å². The van der Waals surface area contributed by atoms with E-state index in [1.807, 2.05) is 36.4 Å². The molecule has 1 N–H and O–H groups in total. The molecule has 3 heterocycles. The highest BCUT2D eigenvalue weighted by Crippen LogP contribution is 2.52. The quantitative estimate of drug-likeness (QED) is 0.193. The molecule has 11 aromatic rings. The van der Waals surface area contributed by atoms with Gasteiger partial charge in [0.1, 0.15) is 0 Å². The van der Waals surface area contributed by atoms with Gasteiger partial charge in [-0.15, -0.1) is 0 Å². The van der Waals surface area contributed by atoms with Crippen LogP contribution in [0.4, 0.5) is 0 Å². The third-order valence-corrected chi connectivity index (χ3v) is 12.9. The van der Waals surface area contributed by atoms with Crippen molar-refractivity contribution in [3.63, 3.8) is 0 Å². The average molecular weight is 808 g/mol. The zero-order valence-electron chi connectivity index (χ0n) is 44.3. The van der Waals surface area contributed by atoms with Crippen molar-refractivity contribution >= 4 is 43.6 Å². The Hall–Kier alpha value is -7.63. The number of nitrogens with one attached hydrogen (secondary N) is 1. The van der Waals surface area contributed by atoms with Crippen LogP contribution in [0.2, 0.25) is 0 Å². The second-order valence-electron chi connectivity index (χ2n) is 17.0. The Kier molecular flexibility index (Phi) is 5.91. The second kappa shape index (κ2) is 13.4. The molecule has 0 atom stereocenters. The van der Waals surface area contributed by atoms with Crippen molar-refractivity contribution in [3.8, 4) is 51.0 Å². The fourth-order valence-electron chi connectivity index (χ4n) is 9.84. The Morgan fingerprint density at radius 3 is 1.58 bits per heavy atom. The van der Waals surface area contributed by atoms with Crippen molar-refractivity contribution in [2.45, 2.75) is 38.5 Å². The van der Waals surface area contributed by atoms with Crippen LogP contribution in [-0.4, -0.2) is 24.5 Å². The number of para-hydroxylation sites is 2. The highest BCUT2D eigenvalue weighted by molar-refractivity contribution is 6.12. The number of fused-ring (bicyclic) bond motifs is 12. The Bertz CT molecular complexity index is 4050. The van der Waals surface area contributed by atoms with Gasteiger partial charge in [-0.2, -0.15) is 9.97 Å². The van der Waals surface area contributed by atoms with Gasteiger partial charge in [0.2, 0.25) is 5.95 Å². The molecule has 0 saturated heterocycles. The lowest BCUT2D eigenvalue weighted by Crippen LogP contribution is -2.15. The van der Waals surface area contributed by atoms with E-state index < -0.39 is 60.4 Å². The Labute approximate surface area is 374 Å². The molecular weight excluding hydrogens is 755 g/mol. The molecular formula is C57H43N5.